The molecule has 0 amide bonds. The van der Waals surface area contributed by atoms with Gasteiger partial charge in [-0.05, 0) is 24.3 Å². The maximum absolute atomic E-state index is 6.14. The van der Waals surface area contributed by atoms with Crippen LogP contribution in [0.3, 0.4) is 0 Å². The topological polar surface area (TPSA) is 50.0 Å². The number of para-hydroxylation sites is 1. The molecule has 3 rings (SSSR count). The van der Waals surface area contributed by atoms with Gasteiger partial charge in [-0.25, -0.2) is 10.1 Å². The quantitative estimate of drug-likeness (QED) is 0.903. The predicted octanol–water partition coefficient (Wildman–Crippen LogP) is 3.65. The zero-order valence-electron chi connectivity index (χ0n) is 11.8. The van der Waals surface area contributed by atoms with E-state index in [-0.39, 0.29) is 0 Å². The molecule has 0 bridgehead atoms. The Morgan fingerprint density at radius 3 is 2.77 bits per heavy atom. The normalized spacial score (nSPS) is 16.3. The Morgan fingerprint density at radius 2 is 2.05 bits per heavy atom. The lowest BCUT2D eigenvalue weighted by Crippen LogP contribution is -2.30. The van der Waals surface area contributed by atoms with Gasteiger partial charge >= 0.3 is 0 Å². The first-order valence-electron chi connectivity index (χ1n) is 6.93. The molecule has 116 valence electrons. The second-order valence-electron chi connectivity index (χ2n) is 4.70. The first-order chi connectivity index (χ1) is 10.7. The van der Waals surface area contributed by atoms with Crippen LogP contribution in [-0.2, 0) is 11.3 Å². The molecule has 5 nitrogen and oxygen atoms in total. The standard InChI is InChI=1S/C15H15Cl2N3O2/c16-12-4-1-5-13(17)14(12)19-15-18-7-8-20(15)22-10-6-11-3-2-9-21-11/h1-5,9H,6-8,10H2,(H,18,19). The van der Waals surface area contributed by atoms with E-state index in [0.717, 1.165) is 12.3 Å². The van der Waals surface area contributed by atoms with Crippen molar-refractivity contribution in [2.45, 2.75) is 6.42 Å². The molecule has 0 atom stereocenters. The van der Waals surface area contributed by atoms with E-state index in [1.54, 1.807) is 29.5 Å². The van der Waals surface area contributed by atoms with Gasteiger partial charge in [0.2, 0.25) is 5.96 Å². The maximum Gasteiger partial charge on any atom is 0.223 e. The molecule has 1 aliphatic heterocycles. The van der Waals surface area contributed by atoms with E-state index in [1.165, 1.54) is 0 Å². The Balaban J connectivity index is 1.66. The summed E-state index contributed by atoms with van der Waals surface area (Å²) in [6.45, 7) is 1.96. The second-order valence-corrected chi connectivity index (χ2v) is 5.51. The first kappa shape index (κ1) is 15.2. The first-order valence-corrected chi connectivity index (χ1v) is 7.69. The average molecular weight is 340 g/mol. The fraction of sp³-hybridized carbons (Fsp3) is 0.267. The van der Waals surface area contributed by atoms with Crippen LogP contribution in [0.2, 0.25) is 10.0 Å². The smallest absolute Gasteiger partial charge is 0.223 e. The van der Waals surface area contributed by atoms with Crippen molar-refractivity contribution in [2.75, 3.05) is 19.7 Å². The number of nitrogens with zero attached hydrogens (tertiary/aromatic N) is 2. The molecule has 7 heteroatoms. The highest BCUT2D eigenvalue weighted by molar-refractivity contribution is 6.38. The van der Waals surface area contributed by atoms with Crippen molar-refractivity contribution in [3.05, 3.63) is 52.4 Å². The van der Waals surface area contributed by atoms with Crippen molar-refractivity contribution in [2.24, 2.45) is 4.99 Å². The number of halogens is 2. The lowest BCUT2D eigenvalue weighted by atomic mass is 10.3. The summed E-state index contributed by atoms with van der Waals surface area (Å²) in [5, 5.41) is 5.88. The number of hydrogen-bond acceptors (Lipinski definition) is 3. The molecule has 2 aromatic rings. The van der Waals surface area contributed by atoms with Gasteiger partial charge in [0.1, 0.15) is 11.4 Å². The van der Waals surface area contributed by atoms with Crippen LogP contribution in [0.5, 0.6) is 0 Å². The Hall–Kier alpha value is -1.69. The highest BCUT2D eigenvalue weighted by Crippen LogP contribution is 2.33. The zero-order valence-corrected chi connectivity index (χ0v) is 13.3. The van der Waals surface area contributed by atoms with E-state index in [4.69, 9.17) is 32.5 Å². The third kappa shape index (κ3) is 3.55. The van der Waals surface area contributed by atoms with Crippen molar-refractivity contribution in [1.29, 1.82) is 0 Å². The fourth-order valence-electron chi connectivity index (χ4n) is 2.10. The van der Waals surface area contributed by atoms with Gasteiger partial charge in [-0.15, -0.1) is 0 Å². The van der Waals surface area contributed by atoms with Gasteiger partial charge in [-0.1, -0.05) is 29.3 Å². The van der Waals surface area contributed by atoms with Crippen molar-refractivity contribution in [3.63, 3.8) is 0 Å². The Morgan fingerprint density at radius 1 is 1.23 bits per heavy atom. The summed E-state index contributed by atoms with van der Waals surface area (Å²) < 4.78 is 5.27. The van der Waals surface area contributed by atoms with Crippen molar-refractivity contribution in [1.82, 2.24) is 10.4 Å². The Bertz CT molecular complexity index is 639. The minimum atomic E-state index is 0.504. The van der Waals surface area contributed by atoms with Crippen LogP contribution in [0.15, 0.2) is 46.0 Å². The molecule has 1 fully saturated rings. The van der Waals surface area contributed by atoms with Crippen molar-refractivity contribution < 1.29 is 9.25 Å². The molecule has 1 saturated heterocycles. The van der Waals surface area contributed by atoms with Crippen LogP contribution in [0, 0.1) is 0 Å². The molecular weight excluding hydrogens is 325 g/mol. The Labute approximate surface area is 138 Å². The largest absolute Gasteiger partial charge is 0.469 e. The van der Waals surface area contributed by atoms with Gasteiger partial charge in [0.25, 0.3) is 0 Å². The second kappa shape index (κ2) is 7.05. The van der Waals surface area contributed by atoms with Crippen LogP contribution >= 0.6 is 23.2 Å². The summed E-state index contributed by atoms with van der Waals surface area (Å²) in [5.41, 5.74) is 0.537. The van der Waals surface area contributed by atoms with E-state index in [2.05, 4.69) is 10.3 Å². The number of hydroxylamine groups is 2. The van der Waals surface area contributed by atoms with E-state index >= 15 is 0 Å². The molecule has 1 aliphatic rings. The summed E-state index contributed by atoms with van der Waals surface area (Å²) in [6.07, 6.45) is 2.35. The van der Waals surface area contributed by atoms with Gasteiger partial charge in [-0.2, -0.15) is 0 Å². The number of furan rings is 1. The lowest BCUT2D eigenvalue weighted by Gasteiger charge is -2.17. The molecule has 2 heterocycles. The number of aliphatic imine (C=N–C) groups is 1. The van der Waals surface area contributed by atoms with E-state index in [1.807, 2.05) is 12.1 Å². The van der Waals surface area contributed by atoms with Crippen LogP contribution in [0.4, 0.5) is 5.69 Å². The van der Waals surface area contributed by atoms with Gasteiger partial charge in [-0.3, -0.25) is 4.84 Å². The third-order valence-electron chi connectivity index (χ3n) is 3.17. The van der Waals surface area contributed by atoms with E-state index in [9.17, 15) is 0 Å². The van der Waals surface area contributed by atoms with E-state index < -0.39 is 0 Å². The molecule has 0 spiro atoms. The minimum Gasteiger partial charge on any atom is -0.469 e. The van der Waals surface area contributed by atoms with Crippen molar-refractivity contribution in [3.8, 4) is 0 Å². The number of guanidine groups is 1. The van der Waals surface area contributed by atoms with Crippen molar-refractivity contribution >= 4 is 34.8 Å². The highest BCUT2D eigenvalue weighted by atomic mass is 35.5. The highest BCUT2D eigenvalue weighted by Gasteiger charge is 2.20. The van der Waals surface area contributed by atoms with Crippen LogP contribution < -0.4 is 5.32 Å². The van der Waals surface area contributed by atoms with Gasteiger partial charge in [0.15, 0.2) is 0 Å². The number of benzene rings is 1. The van der Waals surface area contributed by atoms with Crippen LogP contribution in [-0.4, -0.2) is 30.7 Å². The number of rotatable bonds is 5. The van der Waals surface area contributed by atoms with Gasteiger partial charge in [0.05, 0.1) is 29.5 Å². The van der Waals surface area contributed by atoms with Crippen LogP contribution in [0.25, 0.3) is 0 Å². The Kier molecular flexibility index (Phi) is 4.87. The summed E-state index contributed by atoms with van der Waals surface area (Å²) in [6, 6.07) is 9.07. The number of hydrogen-bond donors (Lipinski definition) is 1. The zero-order chi connectivity index (χ0) is 15.4. The minimum absolute atomic E-state index is 0.504. The number of nitrogens with one attached hydrogen (secondary N) is 1. The maximum atomic E-state index is 6.14. The third-order valence-corrected chi connectivity index (χ3v) is 3.78. The fourth-order valence-corrected chi connectivity index (χ4v) is 2.58. The molecule has 1 aromatic carbocycles. The molecule has 22 heavy (non-hydrogen) atoms. The monoisotopic (exact) mass is 339 g/mol. The molecule has 0 unspecified atom stereocenters. The predicted molar refractivity (Wildman–Crippen MR) is 86.6 cm³/mol. The van der Waals surface area contributed by atoms with Gasteiger partial charge < -0.3 is 9.73 Å². The summed E-state index contributed by atoms with van der Waals surface area (Å²) in [4.78, 5) is 10.2. The molecule has 0 saturated carbocycles. The average Bonchev–Trinajstić information content (AvgIpc) is 3.15. The van der Waals surface area contributed by atoms with Gasteiger partial charge in [0, 0.05) is 13.0 Å². The SMILES string of the molecule is Clc1cccc(Cl)c1/N=C1\NCCN1OCCc1ccco1. The molecule has 0 aliphatic carbocycles. The molecular formula is C15H15Cl2N3O2. The summed E-state index contributed by atoms with van der Waals surface area (Å²) in [7, 11) is 0. The molecule has 1 aromatic heterocycles. The molecule has 1 N–H and O–H groups in total. The van der Waals surface area contributed by atoms with E-state index in [0.29, 0.717) is 41.3 Å². The van der Waals surface area contributed by atoms with Crippen LogP contribution in [0.1, 0.15) is 5.76 Å². The summed E-state index contributed by atoms with van der Waals surface area (Å²) in [5.74, 6) is 1.49. The molecule has 0 radical (unpaired) electrons. The lowest BCUT2D eigenvalue weighted by molar-refractivity contribution is -0.0897. The summed E-state index contributed by atoms with van der Waals surface area (Å²) >= 11 is 12.3.